The predicted octanol–water partition coefficient (Wildman–Crippen LogP) is 7.26. The second kappa shape index (κ2) is 6.83. The van der Waals surface area contributed by atoms with E-state index < -0.39 is 11.7 Å². The summed E-state index contributed by atoms with van der Waals surface area (Å²) < 4.78 is 41.5. The van der Waals surface area contributed by atoms with Crippen molar-refractivity contribution in [1.82, 2.24) is 4.98 Å². The monoisotopic (exact) mass is 399 g/mol. The molecule has 0 unspecified atom stereocenters. The summed E-state index contributed by atoms with van der Waals surface area (Å²) in [5.41, 5.74) is -0.698. The summed E-state index contributed by atoms with van der Waals surface area (Å²) in [5, 5.41) is 1.18. The first kappa shape index (κ1) is 18.0. The molecule has 0 aliphatic rings. The summed E-state index contributed by atoms with van der Waals surface area (Å²) >= 11 is 13.0. The van der Waals surface area contributed by atoms with E-state index in [1.807, 2.05) is 0 Å². The van der Waals surface area contributed by atoms with Gasteiger partial charge in [-0.05, 0) is 52.9 Å². The molecule has 0 atom stereocenters. The highest BCUT2D eigenvalue weighted by atomic mass is 35.5. The van der Waals surface area contributed by atoms with Crippen LogP contribution in [-0.2, 0) is 0 Å². The third kappa shape index (κ3) is 4.06. The maximum atomic E-state index is 13.5. The number of rotatable bonds is 3. The molecule has 0 bridgehead atoms. The molecule has 0 spiro atoms. The highest BCUT2D eigenvalue weighted by Gasteiger charge is 2.35. The van der Waals surface area contributed by atoms with E-state index in [2.05, 4.69) is 11.6 Å². The normalized spacial score (nSPS) is 12.6. The second-order valence-corrected chi connectivity index (χ2v) is 7.22. The van der Waals surface area contributed by atoms with Crippen LogP contribution in [0.3, 0.4) is 0 Å². The molecule has 0 amide bonds. The fourth-order valence-electron chi connectivity index (χ4n) is 2.33. The third-order valence-electron chi connectivity index (χ3n) is 3.44. The molecule has 0 radical (unpaired) electrons. The summed E-state index contributed by atoms with van der Waals surface area (Å²) in [5.74, 6) is 0. The Morgan fingerprint density at radius 3 is 2.40 bits per heavy atom. The molecule has 7 heteroatoms. The van der Waals surface area contributed by atoms with Gasteiger partial charge in [0.15, 0.2) is 0 Å². The van der Waals surface area contributed by atoms with Crippen molar-refractivity contribution in [3.63, 3.8) is 0 Å². The summed E-state index contributed by atoms with van der Waals surface area (Å²) in [6.45, 7) is 3.79. The van der Waals surface area contributed by atoms with Crippen LogP contribution in [0.1, 0.15) is 10.4 Å². The molecule has 1 aromatic carbocycles. The van der Waals surface area contributed by atoms with Gasteiger partial charge in [0.25, 0.3) is 0 Å². The lowest BCUT2D eigenvalue weighted by molar-refractivity contribution is -0.0688. The number of hydrogen-bond acceptors (Lipinski definition) is 2. The zero-order valence-corrected chi connectivity index (χ0v) is 14.9. The molecular weight excluding hydrogens is 390 g/mol. The van der Waals surface area contributed by atoms with Gasteiger partial charge in [0, 0.05) is 27.3 Å². The highest BCUT2D eigenvalue weighted by molar-refractivity contribution is 7.20. The Kier molecular flexibility index (Phi) is 4.91. The molecule has 0 aliphatic carbocycles. The SMILES string of the molecule is C=C(/C=C(/c1cc(Cl)cc(Cl)c1)C(F)(F)F)c1cc2ccncc2s1. The van der Waals surface area contributed by atoms with E-state index in [1.54, 1.807) is 24.5 Å². The van der Waals surface area contributed by atoms with Gasteiger partial charge in [-0.3, -0.25) is 4.98 Å². The van der Waals surface area contributed by atoms with Crippen LogP contribution in [0.2, 0.25) is 10.0 Å². The minimum Gasteiger partial charge on any atom is -0.263 e. The minimum atomic E-state index is -4.57. The van der Waals surface area contributed by atoms with E-state index in [-0.39, 0.29) is 21.2 Å². The van der Waals surface area contributed by atoms with Gasteiger partial charge in [-0.25, -0.2) is 0 Å². The topological polar surface area (TPSA) is 12.9 Å². The van der Waals surface area contributed by atoms with E-state index in [4.69, 9.17) is 23.2 Å². The van der Waals surface area contributed by atoms with Gasteiger partial charge in [0.2, 0.25) is 0 Å². The Morgan fingerprint density at radius 1 is 1.12 bits per heavy atom. The Balaban J connectivity index is 2.07. The van der Waals surface area contributed by atoms with E-state index in [9.17, 15) is 13.2 Å². The quantitative estimate of drug-likeness (QED) is 0.422. The van der Waals surface area contributed by atoms with E-state index in [0.717, 1.165) is 16.2 Å². The van der Waals surface area contributed by atoms with Crippen molar-refractivity contribution in [2.45, 2.75) is 6.18 Å². The average molecular weight is 400 g/mol. The van der Waals surface area contributed by atoms with Crippen molar-refractivity contribution >= 4 is 55.8 Å². The predicted molar refractivity (Wildman–Crippen MR) is 99.1 cm³/mol. The molecule has 0 saturated heterocycles. The van der Waals surface area contributed by atoms with E-state index >= 15 is 0 Å². The fraction of sp³-hybridized carbons (Fsp3) is 0.0556. The molecule has 0 fully saturated rings. The van der Waals surface area contributed by atoms with E-state index in [1.165, 1.54) is 29.5 Å². The van der Waals surface area contributed by atoms with Crippen LogP contribution in [0.5, 0.6) is 0 Å². The van der Waals surface area contributed by atoms with Crippen molar-refractivity contribution in [3.05, 3.63) is 75.9 Å². The maximum Gasteiger partial charge on any atom is 0.417 e. The molecule has 2 aromatic heterocycles. The van der Waals surface area contributed by atoms with Crippen LogP contribution in [0, 0.1) is 0 Å². The molecule has 128 valence electrons. The van der Waals surface area contributed by atoms with Crippen molar-refractivity contribution in [2.75, 3.05) is 0 Å². The van der Waals surface area contributed by atoms with Crippen LogP contribution in [0.25, 0.3) is 21.2 Å². The van der Waals surface area contributed by atoms with E-state index in [0.29, 0.717) is 4.88 Å². The molecule has 0 saturated carbocycles. The van der Waals surface area contributed by atoms with Gasteiger partial charge in [0.1, 0.15) is 0 Å². The van der Waals surface area contributed by atoms with Gasteiger partial charge in [-0.1, -0.05) is 29.8 Å². The summed E-state index contributed by atoms with van der Waals surface area (Å²) in [6, 6.07) is 7.44. The fourth-order valence-corrected chi connectivity index (χ4v) is 3.82. The van der Waals surface area contributed by atoms with Gasteiger partial charge < -0.3 is 0 Å². The molecule has 3 aromatic rings. The molecule has 1 nitrogen and oxygen atoms in total. The number of alkyl halides is 3. The second-order valence-electron chi connectivity index (χ2n) is 5.26. The van der Waals surface area contributed by atoms with Gasteiger partial charge >= 0.3 is 6.18 Å². The van der Waals surface area contributed by atoms with Crippen molar-refractivity contribution in [2.24, 2.45) is 0 Å². The first-order chi connectivity index (χ1) is 11.7. The Bertz CT molecular complexity index is 936. The number of nitrogens with zero attached hydrogens (tertiary/aromatic N) is 1. The van der Waals surface area contributed by atoms with Crippen LogP contribution in [0.15, 0.2) is 55.4 Å². The number of halogens is 5. The molecule has 0 aliphatic heterocycles. The number of fused-ring (bicyclic) bond motifs is 1. The van der Waals surface area contributed by atoms with Gasteiger partial charge in [0.05, 0.1) is 10.3 Å². The number of thiophene rings is 1. The van der Waals surface area contributed by atoms with Crippen molar-refractivity contribution < 1.29 is 13.2 Å². The van der Waals surface area contributed by atoms with Crippen LogP contribution < -0.4 is 0 Å². The molecule has 0 N–H and O–H groups in total. The van der Waals surface area contributed by atoms with Crippen LogP contribution in [0.4, 0.5) is 13.2 Å². The Morgan fingerprint density at radius 2 is 1.80 bits per heavy atom. The number of hydrogen-bond donors (Lipinski definition) is 0. The molecule has 2 heterocycles. The van der Waals surface area contributed by atoms with Gasteiger partial charge in [-0.2, -0.15) is 13.2 Å². The Labute approximate surface area is 156 Å². The zero-order chi connectivity index (χ0) is 18.2. The first-order valence-electron chi connectivity index (χ1n) is 7.02. The maximum absolute atomic E-state index is 13.5. The lowest BCUT2D eigenvalue weighted by Gasteiger charge is -2.13. The summed E-state index contributed by atoms with van der Waals surface area (Å²) in [4.78, 5) is 4.65. The Hall–Kier alpha value is -1.82. The smallest absolute Gasteiger partial charge is 0.263 e. The first-order valence-corrected chi connectivity index (χ1v) is 8.59. The molecular formula is C18H10Cl2F3NS. The molecule has 25 heavy (non-hydrogen) atoms. The van der Waals surface area contributed by atoms with Gasteiger partial charge in [-0.15, -0.1) is 11.3 Å². The van der Waals surface area contributed by atoms with Crippen molar-refractivity contribution in [1.29, 1.82) is 0 Å². The van der Waals surface area contributed by atoms with Crippen molar-refractivity contribution in [3.8, 4) is 0 Å². The largest absolute Gasteiger partial charge is 0.417 e. The lowest BCUT2D eigenvalue weighted by atomic mass is 10.0. The summed E-state index contributed by atoms with van der Waals surface area (Å²) in [7, 11) is 0. The molecule has 3 rings (SSSR count). The number of pyridine rings is 1. The van der Waals surface area contributed by atoms with Crippen LogP contribution >= 0.6 is 34.5 Å². The number of benzene rings is 1. The zero-order valence-electron chi connectivity index (χ0n) is 12.6. The highest BCUT2D eigenvalue weighted by Crippen LogP contribution is 2.39. The standard InChI is InChI=1S/C18H10Cl2F3NS/c1-10(16-7-11-2-3-24-9-17(11)25-16)4-15(18(21,22)23)12-5-13(19)8-14(20)6-12/h2-9H,1H2/b15-4-. The van der Waals surface area contributed by atoms with Crippen LogP contribution in [-0.4, -0.2) is 11.2 Å². The number of aromatic nitrogens is 1. The average Bonchev–Trinajstić information content (AvgIpc) is 2.94. The lowest BCUT2D eigenvalue weighted by Crippen LogP contribution is -2.11. The third-order valence-corrected chi connectivity index (χ3v) is 5.03. The minimum absolute atomic E-state index is 0.103. The number of allylic oxidation sites excluding steroid dienone is 3. The summed E-state index contributed by atoms with van der Waals surface area (Å²) in [6.07, 6.45) is -0.260.